The number of hydrogen-bond acceptors (Lipinski definition) is 2. The van der Waals surface area contributed by atoms with Crippen molar-refractivity contribution in [1.29, 1.82) is 0 Å². The van der Waals surface area contributed by atoms with Crippen LogP contribution in [0.15, 0.2) is 66.7 Å². The third-order valence-corrected chi connectivity index (χ3v) is 7.05. The third kappa shape index (κ3) is 4.72. The average molecular weight is 618 g/mol. The first-order valence-electron chi connectivity index (χ1n) is 12.7. The van der Waals surface area contributed by atoms with E-state index < -0.39 is 111 Å². The van der Waals surface area contributed by atoms with Crippen LogP contribution in [0, 0.1) is 58.2 Å². The molecule has 222 valence electrons. The molecule has 0 saturated carbocycles. The van der Waals surface area contributed by atoms with Crippen molar-refractivity contribution in [2.45, 2.75) is 6.42 Å². The van der Waals surface area contributed by atoms with Crippen molar-refractivity contribution in [3.8, 4) is 33.8 Å². The van der Waals surface area contributed by atoms with Gasteiger partial charge in [-0.05, 0) is 35.4 Å². The van der Waals surface area contributed by atoms with Crippen LogP contribution >= 0.6 is 0 Å². The van der Waals surface area contributed by atoms with E-state index in [0.717, 1.165) is 18.2 Å². The molecule has 0 unspecified atom stereocenters. The van der Waals surface area contributed by atoms with Crippen LogP contribution in [0.1, 0.15) is 11.1 Å². The lowest BCUT2D eigenvalue weighted by molar-refractivity contribution is 0.364. The van der Waals surface area contributed by atoms with Crippen molar-refractivity contribution in [2.75, 3.05) is 0 Å². The number of hydrogen-bond donors (Lipinski definition) is 0. The van der Waals surface area contributed by atoms with Gasteiger partial charge in [0.25, 0.3) is 0 Å². The Hall–Kier alpha value is -4.94. The molecule has 0 aromatic heterocycles. The van der Waals surface area contributed by atoms with Crippen molar-refractivity contribution >= 4 is 12.6 Å². The molecule has 0 bridgehead atoms. The molecule has 5 aromatic rings. The summed E-state index contributed by atoms with van der Waals surface area (Å²) in [6.07, 6.45) is -0.396. The van der Waals surface area contributed by atoms with Gasteiger partial charge in [0.1, 0.15) is 17.4 Å². The Balaban J connectivity index is 1.58. The highest BCUT2D eigenvalue weighted by atomic mass is 19.2. The first-order chi connectivity index (χ1) is 21.0. The molecule has 0 radical (unpaired) electrons. The van der Waals surface area contributed by atoms with E-state index in [-0.39, 0.29) is 17.2 Å². The van der Waals surface area contributed by atoms with E-state index in [1.165, 1.54) is 24.3 Å². The van der Waals surface area contributed by atoms with Gasteiger partial charge in [0, 0.05) is 40.2 Å². The Labute approximate surface area is 242 Å². The minimum atomic E-state index is -2.33. The molecule has 0 atom stereocenters. The largest absolute Gasteiger partial charge is 0.633 e. The molecule has 5 aromatic carbocycles. The fourth-order valence-electron chi connectivity index (χ4n) is 5.10. The number of fused-ring (bicyclic) bond motifs is 3. The second-order valence-corrected chi connectivity index (χ2v) is 9.65. The van der Waals surface area contributed by atoms with Gasteiger partial charge in [0.2, 0.25) is 11.6 Å². The topological polar surface area (TPSA) is 18.5 Å². The van der Waals surface area contributed by atoms with Gasteiger partial charge >= 0.3 is 7.12 Å². The average Bonchev–Trinajstić information content (AvgIpc) is 3.40. The van der Waals surface area contributed by atoms with Gasteiger partial charge in [-0.3, -0.25) is 0 Å². The van der Waals surface area contributed by atoms with Gasteiger partial charge in [-0.2, -0.15) is 8.78 Å². The Morgan fingerprint density at radius 3 is 1.98 bits per heavy atom. The van der Waals surface area contributed by atoms with Crippen LogP contribution < -0.4 is 14.8 Å². The Bertz CT molecular complexity index is 1980. The van der Waals surface area contributed by atoms with E-state index in [1.54, 1.807) is 0 Å². The molecular weight excluding hydrogens is 605 g/mol. The normalized spacial score (nSPS) is 11.8. The highest BCUT2D eigenvalue weighted by Crippen LogP contribution is 2.46. The summed E-state index contributed by atoms with van der Waals surface area (Å²) in [7, 11) is -2.33. The SMILES string of the molecule is Fc1cc(F)c(F)c(-c2ccccc2B(Oc2c(F)ccc(F)c2F)Oc2c(F)c(F)c(F)c3c2Cc2cccc(F)c2-3)c1. The predicted molar refractivity (Wildman–Crippen MR) is 139 cm³/mol. The summed E-state index contributed by atoms with van der Waals surface area (Å²) in [5, 5.41) is 0. The molecule has 2 nitrogen and oxygen atoms in total. The van der Waals surface area contributed by atoms with Crippen LogP contribution in [-0.4, -0.2) is 7.12 Å². The van der Waals surface area contributed by atoms with Crippen LogP contribution in [0.2, 0.25) is 0 Å². The lowest BCUT2D eigenvalue weighted by Crippen LogP contribution is -2.44. The van der Waals surface area contributed by atoms with Gasteiger partial charge in [0.05, 0.1) is 0 Å². The maximum atomic E-state index is 15.4. The van der Waals surface area contributed by atoms with Crippen LogP contribution in [0.4, 0.5) is 43.9 Å². The van der Waals surface area contributed by atoms with Crippen LogP contribution in [0.3, 0.4) is 0 Å². The first-order valence-corrected chi connectivity index (χ1v) is 12.7. The molecular formula is C31H13BF10O2. The summed E-state index contributed by atoms with van der Waals surface area (Å²) in [6.45, 7) is 0. The van der Waals surface area contributed by atoms with E-state index >= 15 is 8.78 Å². The number of halogens is 10. The van der Waals surface area contributed by atoms with Gasteiger partial charge in [0.15, 0.2) is 40.7 Å². The van der Waals surface area contributed by atoms with E-state index in [4.69, 9.17) is 9.31 Å². The Morgan fingerprint density at radius 1 is 0.500 bits per heavy atom. The van der Waals surface area contributed by atoms with E-state index in [1.807, 2.05) is 0 Å². The molecule has 0 aliphatic heterocycles. The van der Waals surface area contributed by atoms with Crippen LogP contribution in [0.5, 0.6) is 11.5 Å². The molecule has 1 aliphatic rings. The lowest BCUT2D eigenvalue weighted by Gasteiger charge is -2.22. The summed E-state index contributed by atoms with van der Waals surface area (Å²) in [6, 6.07) is 10.0. The number of benzene rings is 5. The zero-order chi connectivity index (χ0) is 31.4. The molecule has 0 N–H and O–H groups in total. The van der Waals surface area contributed by atoms with Crippen molar-refractivity contribution in [3.05, 3.63) is 136 Å². The maximum absolute atomic E-state index is 15.4. The van der Waals surface area contributed by atoms with E-state index in [2.05, 4.69) is 0 Å². The summed E-state index contributed by atoms with van der Waals surface area (Å²) in [5.41, 5.74) is -2.98. The first kappa shape index (κ1) is 29.2. The summed E-state index contributed by atoms with van der Waals surface area (Å²) in [5.74, 6) is -18.6. The predicted octanol–water partition coefficient (Wildman–Crippen LogP) is 8.17. The van der Waals surface area contributed by atoms with Crippen molar-refractivity contribution < 1.29 is 53.2 Å². The van der Waals surface area contributed by atoms with E-state index in [9.17, 15) is 35.1 Å². The van der Waals surface area contributed by atoms with Gasteiger partial charge in [-0.15, -0.1) is 0 Å². The summed E-state index contributed by atoms with van der Waals surface area (Å²) >= 11 is 0. The maximum Gasteiger partial charge on any atom is 0.633 e. The molecule has 1 aliphatic carbocycles. The van der Waals surface area contributed by atoms with Crippen molar-refractivity contribution in [1.82, 2.24) is 0 Å². The quantitative estimate of drug-likeness (QED) is 0.0812. The second-order valence-electron chi connectivity index (χ2n) is 9.65. The van der Waals surface area contributed by atoms with Gasteiger partial charge < -0.3 is 9.31 Å². The molecule has 0 fully saturated rings. The molecule has 0 spiro atoms. The zero-order valence-corrected chi connectivity index (χ0v) is 21.7. The van der Waals surface area contributed by atoms with Gasteiger partial charge in [-0.1, -0.05) is 36.4 Å². The third-order valence-electron chi connectivity index (χ3n) is 7.05. The molecule has 44 heavy (non-hydrogen) atoms. The summed E-state index contributed by atoms with van der Waals surface area (Å²) < 4.78 is 158. The zero-order valence-electron chi connectivity index (χ0n) is 21.7. The molecule has 13 heteroatoms. The Morgan fingerprint density at radius 2 is 1.20 bits per heavy atom. The van der Waals surface area contributed by atoms with Crippen molar-refractivity contribution in [2.24, 2.45) is 0 Å². The number of rotatable bonds is 6. The van der Waals surface area contributed by atoms with Gasteiger partial charge in [-0.25, -0.2) is 35.1 Å². The monoisotopic (exact) mass is 618 g/mol. The molecule has 0 heterocycles. The minimum Gasteiger partial charge on any atom is -0.519 e. The fraction of sp³-hybridized carbons (Fsp3) is 0.0323. The molecule has 0 amide bonds. The fourth-order valence-corrected chi connectivity index (χ4v) is 5.10. The Kier molecular flexibility index (Phi) is 7.26. The van der Waals surface area contributed by atoms with E-state index in [0.29, 0.717) is 18.2 Å². The van der Waals surface area contributed by atoms with Crippen LogP contribution in [-0.2, 0) is 6.42 Å². The molecule has 6 rings (SSSR count). The highest BCUT2D eigenvalue weighted by molar-refractivity contribution is 6.64. The standard InChI is InChI=1S/C31H13BF10O2/c33-14-11-16(25(38)22(37)12-14)15-5-1-2-6-18(15)32(44-31-21(36)9-8-20(35)26(31)39)43-30-17-10-13-4-3-7-19(34)23(13)24(17)27(40)28(41)29(30)42/h1-9,11-12H,10H2. The highest BCUT2D eigenvalue weighted by Gasteiger charge is 2.39. The second kappa shape index (κ2) is 11.0. The summed E-state index contributed by atoms with van der Waals surface area (Å²) in [4.78, 5) is 0. The smallest absolute Gasteiger partial charge is 0.519 e. The minimum absolute atomic E-state index is 0.117. The molecule has 0 saturated heterocycles. The van der Waals surface area contributed by atoms with Crippen molar-refractivity contribution in [3.63, 3.8) is 0 Å². The van der Waals surface area contributed by atoms with Crippen LogP contribution in [0.25, 0.3) is 22.3 Å². The lowest BCUT2D eigenvalue weighted by atomic mass is 9.73.